The van der Waals surface area contributed by atoms with Crippen LogP contribution in [-0.2, 0) is 6.18 Å². The van der Waals surface area contributed by atoms with Crippen LogP contribution in [0.25, 0.3) is 0 Å². The molecule has 0 aliphatic carbocycles. The highest BCUT2D eigenvalue weighted by Gasteiger charge is 2.40. The topological polar surface area (TPSA) is 72.2 Å². The molecule has 0 saturated heterocycles. The number of carbonyl (C=O) groups is 2. The minimum Gasteiger partial charge on any atom is -0.397 e. The molecule has 22 heavy (non-hydrogen) atoms. The van der Waals surface area contributed by atoms with Crippen LogP contribution in [0.3, 0.4) is 0 Å². The number of amides is 1. The third kappa shape index (κ3) is 2.93. The van der Waals surface area contributed by atoms with Gasteiger partial charge in [-0.25, -0.2) is 4.39 Å². The van der Waals surface area contributed by atoms with Gasteiger partial charge in [0.1, 0.15) is 11.4 Å². The van der Waals surface area contributed by atoms with Crippen molar-refractivity contribution in [1.82, 2.24) is 0 Å². The number of nitrogens with one attached hydrogen (secondary N) is 1. The zero-order valence-electron chi connectivity index (χ0n) is 10.7. The van der Waals surface area contributed by atoms with Gasteiger partial charge < -0.3 is 11.1 Å². The van der Waals surface area contributed by atoms with Crippen LogP contribution in [0.5, 0.6) is 0 Å². The van der Waals surface area contributed by atoms with Gasteiger partial charge in [0, 0.05) is 10.9 Å². The van der Waals surface area contributed by atoms with Gasteiger partial charge in [0.25, 0.3) is 5.91 Å². The summed E-state index contributed by atoms with van der Waals surface area (Å²) in [6.45, 7) is 0. The molecule has 0 aliphatic heterocycles. The summed E-state index contributed by atoms with van der Waals surface area (Å²) in [7, 11) is 0. The first kappa shape index (κ1) is 16.0. The number of carbonyl (C=O) groups excluding carboxylic acids is 2. The fourth-order valence-corrected chi connectivity index (χ4v) is 2.41. The van der Waals surface area contributed by atoms with Crippen molar-refractivity contribution in [3.8, 4) is 0 Å². The molecule has 1 amide bonds. The van der Waals surface area contributed by atoms with Gasteiger partial charge in [-0.05, 0) is 17.5 Å². The van der Waals surface area contributed by atoms with E-state index in [-0.39, 0.29) is 12.0 Å². The number of aldehydes is 1. The molecule has 3 N–H and O–H groups in total. The van der Waals surface area contributed by atoms with Crippen molar-refractivity contribution in [3.63, 3.8) is 0 Å². The Bertz CT molecular complexity index is 727. The smallest absolute Gasteiger partial charge is 0.397 e. The van der Waals surface area contributed by atoms with E-state index in [0.29, 0.717) is 6.07 Å². The third-order valence-electron chi connectivity index (χ3n) is 2.77. The Morgan fingerprint density at radius 2 is 2.05 bits per heavy atom. The van der Waals surface area contributed by atoms with E-state index in [1.54, 1.807) is 5.38 Å². The third-order valence-corrected chi connectivity index (χ3v) is 3.45. The van der Waals surface area contributed by atoms with Crippen molar-refractivity contribution in [1.29, 1.82) is 0 Å². The van der Waals surface area contributed by atoms with Crippen molar-refractivity contribution >= 4 is 34.9 Å². The monoisotopic (exact) mass is 332 g/mol. The van der Waals surface area contributed by atoms with Crippen LogP contribution in [0.2, 0.25) is 0 Å². The summed E-state index contributed by atoms with van der Waals surface area (Å²) in [6, 6.07) is 1.80. The summed E-state index contributed by atoms with van der Waals surface area (Å²) in [5.41, 5.74) is 1.50. The van der Waals surface area contributed by atoms with Gasteiger partial charge in [-0.2, -0.15) is 24.5 Å². The number of nitrogen functional groups attached to an aromatic ring is 1. The molecule has 0 unspecified atom stereocenters. The molecule has 116 valence electrons. The molecule has 2 rings (SSSR count). The molecule has 1 aromatic carbocycles. The number of alkyl halides is 3. The van der Waals surface area contributed by atoms with Crippen LogP contribution < -0.4 is 11.1 Å². The number of hydrogen-bond donors (Lipinski definition) is 2. The lowest BCUT2D eigenvalue weighted by Gasteiger charge is -2.16. The lowest BCUT2D eigenvalue weighted by Crippen LogP contribution is -2.23. The second-order valence-electron chi connectivity index (χ2n) is 4.19. The summed E-state index contributed by atoms with van der Waals surface area (Å²) in [5.74, 6) is -2.98. The highest BCUT2D eigenvalue weighted by molar-refractivity contribution is 7.08. The van der Waals surface area contributed by atoms with Crippen LogP contribution >= 0.6 is 11.3 Å². The average molecular weight is 332 g/mol. The van der Waals surface area contributed by atoms with E-state index in [1.807, 2.05) is 0 Å². The number of rotatable bonds is 3. The van der Waals surface area contributed by atoms with Gasteiger partial charge in [0.15, 0.2) is 6.29 Å². The van der Waals surface area contributed by atoms with Crippen LogP contribution in [0.1, 0.15) is 26.3 Å². The first-order valence-corrected chi connectivity index (χ1v) is 6.68. The number of thiophene rings is 1. The van der Waals surface area contributed by atoms with E-state index in [1.165, 1.54) is 22.8 Å². The molecule has 0 radical (unpaired) electrons. The summed E-state index contributed by atoms with van der Waals surface area (Å²) in [5, 5.41) is 5.24. The molecule has 0 spiro atoms. The Kier molecular flexibility index (Phi) is 4.18. The molecular formula is C13H8F4N2O2S. The molecule has 2 aromatic rings. The van der Waals surface area contributed by atoms with Gasteiger partial charge >= 0.3 is 6.18 Å². The number of hydrogen-bond acceptors (Lipinski definition) is 4. The number of nitrogens with two attached hydrogens (primary N) is 1. The Hall–Kier alpha value is -2.42. The van der Waals surface area contributed by atoms with Crippen molar-refractivity contribution in [3.05, 3.63) is 45.4 Å². The zero-order valence-corrected chi connectivity index (χ0v) is 11.5. The van der Waals surface area contributed by atoms with Crippen LogP contribution in [0.15, 0.2) is 22.9 Å². The molecule has 0 fully saturated rings. The van der Waals surface area contributed by atoms with Crippen molar-refractivity contribution in [2.75, 3.05) is 11.1 Å². The van der Waals surface area contributed by atoms with E-state index in [0.717, 1.165) is 0 Å². The predicted molar refractivity (Wildman–Crippen MR) is 73.5 cm³/mol. The van der Waals surface area contributed by atoms with Crippen LogP contribution in [0.4, 0.5) is 28.9 Å². The predicted octanol–water partition coefficient (Wildman–Crippen LogP) is 3.55. The standard InChI is InChI=1S/C13H8F4N2O2S/c14-8-3-6(4-20)11(18)9(10(8)13(15,16)17)12(21)19-7-1-2-22-5-7/h1-5H,18H2,(H,19,21). The first-order chi connectivity index (χ1) is 10.3. The van der Waals surface area contributed by atoms with Crippen molar-refractivity contribution < 1.29 is 27.2 Å². The fourth-order valence-electron chi connectivity index (χ4n) is 1.82. The van der Waals surface area contributed by atoms with Crippen LogP contribution in [-0.4, -0.2) is 12.2 Å². The van der Waals surface area contributed by atoms with E-state index < -0.39 is 40.3 Å². The van der Waals surface area contributed by atoms with Gasteiger partial charge in [-0.1, -0.05) is 0 Å². The largest absolute Gasteiger partial charge is 0.420 e. The molecule has 4 nitrogen and oxygen atoms in total. The minimum atomic E-state index is -5.14. The average Bonchev–Trinajstić information content (AvgIpc) is 2.91. The van der Waals surface area contributed by atoms with Gasteiger partial charge in [-0.15, -0.1) is 0 Å². The van der Waals surface area contributed by atoms with E-state index in [9.17, 15) is 27.2 Å². The van der Waals surface area contributed by atoms with Gasteiger partial charge in [0.05, 0.1) is 16.9 Å². The maximum absolute atomic E-state index is 13.7. The Labute approximate surface area is 125 Å². The maximum atomic E-state index is 13.7. The molecular weight excluding hydrogens is 324 g/mol. The second kappa shape index (κ2) is 5.76. The minimum absolute atomic E-state index is 0.0833. The summed E-state index contributed by atoms with van der Waals surface area (Å²) < 4.78 is 52.7. The van der Waals surface area contributed by atoms with Crippen molar-refractivity contribution in [2.45, 2.75) is 6.18 Å². The molecule has 0 saturated carbocycles. The van der Waals surface area contributed by atoms with E-state index in [2.05, 4.69) is 5.32 Å². The first-order valence-electron chi connectivity index (χ1n) is 5.73. The molecule has 1 aromatic heterocycles. The van der Waals surface area contributed by atoms with Crippen molar-refractivity contribution in [2.24, 2.45) is 0 Å². The number of anilines is 2. The normalized spacial score (nSPS) is 11.3. The second-order valence-corrected chi connectivity index (χ2v) is 4.97. The molecule has 1 heterocycles. The Balaban J connectivity index is 2.63. The van der Waals surface area contributed by atoms with Gasteiger partial charge in [0.2, 0.25) is 0 Å². The summed E-state index contributed by atoms with van der Waals surface area (Å²) in [6.07, 6.45) is -5.05. The quantitative estimate of drug-likeness (QED) is 0.513. The Morgan fingerprint density at radius 3 is 2.55 bits per heavy atom. The van der Waals surface area contributed by atoms with E-state index in [4.69, 9.17) is 5.73 Å². The lowest BCUT2D eigenvalue weighted by molar-refractivity contribution is -0.140. The van der Waals surface area contributed by atoms with E-state index >= 15 is 0 Å². The number of halogens is 4. The van der Waals surface area contributed by atoms with Gasteiger partial charge in [-0.3, -0.25) is 9.59 Å². The number of benzene rings is 1. The fraction of sp³-hybridized carbons (Fsp3) is 0.0769. The highest BCUT2D eigenvalue weighted by atomic mass is 32.1. The summed E-state index contributed by atoms with van der Waals surface area (Å²) >= 11 is 1.20. The molecule has 9 heteroatoms. The summed E-state index contributed by atoms with van der Waals surface area (Å²) in [4.78, 5) is 22.8. The maximum Gasteiger partial charge on any atom is 0.420 e. The molecule has 0 bridgehead atoms. The lowest BCUT2D eigenvalue weighted by atomic mass is 9.99. The Morgan fingerprint density at radius 1 is 1.36 bits per heavy atom. The molecule has 0 aliphatic rings. The SMILES string of the molecule is Nc1c(C=O)cc(F)c(C(F)(F)F)c1C(=O)Nc1ccsc1. The zero-order chi connectivity index (χ0) is 16.5. The van der Waals surface area contributed by atoms with Crippen LogP contribution in [0, 0.1) is 5.82 Å². The molecule has 0 atom stereocenters. The highest BCUT2D eigenvalue weighted by Crippen LogP contribution is 2.38.